The van der Waals surface area contributed by atoms with E-state index in [2.05, 4.69) is 4.98 Å². The highest BCUT2D eigenvalue weighted by Gasteiger charge is 2.32. The Morgan fingerprint density at radius 3 is 2.77 bits per heavy atom. The van der Waals surface area contributed by atoms with Crippen LogP contribution in [-0.2, 0) is 4.74 Å². The van der Waals surface area contributed by atoms with Crippen molar-refractivity contribution in [1.29, 1.82) is 0 Å². The first-order valence-electron chi connectivity index (χ1n) is 6.76. The molecule has 1 fully saturated rings. The summed E-state index contributed by atoms with van der Waals surface area (Å²) in [5.74, 6) is -4.88. The van der Waals surface area contributed by atoms with Gasteiger partial charge in [-0.3, -0.25) is 9.20 Å². The quantitative estimate of drug-likeness (QED) is 0.873. The van der Waals surface area contributed by atoms with Crippen LogP contribution in [0.3, 0.4) is 0 Å². The molecule has 2 heterocycles. The molecule has 0 saturated heterocycles. The van der Waals surface area contributed by atoms with Crippen molar-refractivity contribution in [2.75, 3.05) is 6.61 Å². The average Bonchev–Trinajstić information content (AvgIpc) is 3.30. The Balaban J connectivity index is 2.38. The van der Waals surface area contributed by atoms with Crippen LogP contribution in [0.1, 0.15) is 41.9 Å². The van der Waals surface area contributed by atoms with Crippen molar-refractivity contribution in [2.45, 2.75) is 25.7 Å². The first-order valence-corrected chi connectivity index (χ1v) is 6.76. The lowest BCUT2D eigenvalue weighted by molar-refractivity contribution is 0.0516. The molecule has 0 radical (unpaired) electrons. The van der Waals surface area contributed by atoms with E-state index < -0.39 is 34.6 Å². The van der Waals surface area contributed by atoms with Crippen LogP contribution in [0.25, 0.3) is 5.52 Å². The van der Waals surface area contributed by atoms with E-state index in [0.717, 1.165) is 12.8 Å². The fourth-order valence-corrected chi connectivity index (χ4v) is 2.28. The van der Waals surface area contributed by atoms with E-state index in [9.17, 15) is 23.5 Å². The average molecular weight is 310 g/mol. The van der Waals surface area contributed by atoms with Crippen molar-refractivity contribution < 1.29 is 23.4 Å². The zero-order valence-electron chi connectivity index (χ0n) is 11.6. The second-order valence-corrected chi connectivity index (χ2v) is 5.00. The summed E-state index contributed by atoms with van der Waals surface area (Å²) in [6.45, 7) is 1.61. The van der Waals surface area contributed by atoms with Gasteiger partial charge in [-0.2, -0.15) is 4.39 Å². The van der Waals surface area contributed by atoms with Crippen LogP contribution in [0.15, 0.2) is 11.0 Å². The first-order chi connectivity index (χ1) is 10.5. The number of hydrogen-bond donors (Lipinski definition) is 1. The Hall–Kier alpha value is -2.51. The number of fused-ring (bicyclic) bond motifs is 1. The van der Waals surface area contributed by atoms with E-state index >= 15 is 0 Å². The number of esters is 1. The lowest BCUT2D eigenvalue weighted by atomic mass is 10.2. The molecule has 1 aliphatic carbocycles. The van der Waals surface area contributed by atoms with Gasteiger partial charge < -0.3 is 9.84 Å². The molecule has 0 aromatic carbocycles. The van der Waals surface area contributed by atoms with E-state index in [1.54, 1.807) is 6.92 Å². The molecule has 8 heteroatoms. The number of carbonyl (C=O) groups is 1. The van der Waals surface area contributed by atoms with E-state index in [1.165, 1.54) is 0 Å². The SMILES string of the molecule is CCOC(=O)c1nc(C2CC2)c2c(O)c(F)c(F)cn2c1=O. The van der Waals surface area contributed by atoms with Gasteiger partial charge in [0.05, 0.1) is 18.5 Å². The number of aromatic nitrogens is 2. The second kappa shape index (κ2) is 5.04. The highest BCUT2D eigenvalue weighted by Crippen LogP contribution is 2.42. The zero-order valence-corrected chi connectivity index (χ0v) is 11.6. The molecule has 116 valence electrons. The number of carbonyl (C=O) groups excluding carboxylic acids is 1. The molecular formula is C14H12F2N2O4. The molecule has 0 aliphatic heterocycles. The molecule has 2 aromatic heterocycles. The van der Waals surface area contributed by atoms with Gasteiger partial charge in [0.15, 0.2) is 11.6 Å². The van der Waals surface area contributed by atoms with Crippen LogP contribution >= 0.6 is 0 Å². The summed E-state index contributed by atoms with van der Waals surface area (Å²) in [5.41, 5.74) is -1.49. The molecule has 1 N–H and O–H groups in total. The maximum absolute atomic E-state index is 13.6. The maximum atomic E-state index is 13.6. The first kappa shape index (κ1) is 14.4. The Labute approximate surface area is 123 Å². The molecule has 6 nitrogen and oxygen atoms in total. The van der Waals surface area contributed by atoms with Gasteiger partial charge in [0, 0.05) is 5.92 Å². The van der Waals surface area contributed by atoms with Gasteiger partial charge in [0.25, 0.3) is 5.56 Å². The third-order valence-corrected chi connectivity index (χ3v) is 3.45. The normalized spacial score (nSPS) is 14.3. The van der Waals surface area contributed by atoms with Crippen molar-refractivity contribution in [3.05, 3.63) is 39.6 Å². The number of ether oxygens (including phenoxy) is 1. The summed E-state index contributed by atoms with van der Waals surface area (Å²) in [6.07, 6.45) is 2.05. The summed E-state index contributed by atoms with van der Waals surface area (Å²) in [6, 6.07) is 0. The molecule has 0 atom stereocenters. The van der Waals surface area contributed by atoms with Gasteiger partial charge in [0.1, 0.15) is 5.52 Å². The van der Waals surface area contributed by atoms with Crippen molar-refractivity contribution in [3.8, 4) is 5.75 Å². The lowest BCUT2D eigenvalue weighted by Gasteiger charge is -2.11. The summed E-state index contributed by atoms with van der Waals surface area (Å²) in [7, 11) is 0. The van der Waals surface area contributed by atoms with Crippen LogP contribution in [0.2, 0.25) is 0 Å². The minimum Gasteiger partial charge on any atom is -0.503 e. The van der Waals surface area contributed by atoms with Crippen LogP contribution in [0.4, 0.5) is 8.78 Å². The Kier molecular flexibility index (Phi) is 3.31. The van der Waals surface area contributed by atoms with Crippen molar-refractivity contribution in [3.63, 3.8) is 0 Å². The van der Waals surface area contributed by atoms with Crippen LogP contribution in [0, 0.1) is 11.6 Å². The molecule has 1 saturated carbocycles. The summed E-state index contributed by atoms with van der Waals surface area (Å²) in [5, 5.41) is 9.82. The predicted octanol–water partition coefficient (Wildman–Crippen LogP) is 1.73. The summed E-state index contributed by atoms with van der Waals surface area (Å²) in [4.78, 5) is 28.0. The van der Waals surface area contributed by atoms with Gasteiger partial charge in [-0.05, 0) is 19.8 Å². The molecule has 22 heavy (non-hydrogen) atoms. The van der Waals surface area contributed by atoms with Crippen molar-refractivity contribution in [1.82, 2.24) is 9.38 Å². The van der Waals surface area contributed by atoms with Gasteiger partial charge in [-0.25, -0.2) is 14.2 Å². The predicted molar refractivity (Wildman–Crippen MR) is 71.0 cm³/mol. The molecule has 2 aromatic rings. The Bertz CT molecular complexity index is 843. The number of aromatic hydroxyl groups is 1. The van der Waals surface area contributed by atoms with E-state index in [-0.39, 0.29) is 23.7 Å². The fourth-order valence-electron chi connectivity index (χ4n) is 2.28. The van der Waals surface area contributed by atoms with Crippen LogP contribution in [0.5, 0.6) is 5.75 Å². The Morgan fingerprint density at radius 1 is 1.50 bits per heavy atom. The van der Waals surface area contributed by atoms with Crippen molar-refractivity contribution in [2.24, 2.45) is 0 Å². The highest BCUT2D eigenvalue weighted by molar-refractivity contribution is 5.87. The number of pyridine rings is 1. The molecule has 0 bridgehead atoms. The lowest BCUT2D eigenvalue weighted by Crippen LogP contribution is -2.27. The maximum Gasteiger partial charge on any atom is 0.362 e. The third-order valence-electron chi connectivity index (χ3n) is 3.45. The monoisotopic (exact) mass is 310 g/mol. The van der Waals surface area contributed by atoms with Crippen LogP contribution in [-0.4, -0.2) is 27.1 Å². The molecule has 0 spiro atoms. The minimum absolute atomic E-state index is 0.0461. The third kappa shape index (κ3) is 2.11. The smallest absolute Gasteiger partial charge is 0.362 e. The van der Waals surface area contributed by atoms with E-state index in [0.29, 0.717) is 10.6 Å². The molecule has 0 amide bonds. The number of rotatable bonds is 3. The standard InChI is InChI=1S/C14H12F2N2O4/c1-2-22-14(21)10-13(20)18-5-7(15)8(16)12(19)11(18)9(17-10)6-3-4-6/h5-6,19H,2-4H2,1H3. The molecule has 1 aliphatic rings. The molecule has 3 rings (SSSR count). The fraction of sp³-hybridized carbons (Fsp3) is 0.357. The molecular weight excluding hydrogens is 298 g/mol. The topological polar surface area (TPSA) is 80.9 Å². The van der Waals surface area contributed by atoms with E-state index in [1.807, 2.05) is 0 Å². The van der Waals surface area contributed by atoms with Gasteiger partial charge in [0.2, 0.25) is 11.5 Å². The van der Waals surface area contributed by atoms with Gasteiger partial charge >= 0.3 is 5.97 Å². The Morgan fingerprint density at radius 2 is 2.18 bits per heavy atom. The minimum atomic E-state index is -1.45. The number of hydrogen-bond acceptors (Lipinski definition) is 5. The largest absolute Gasteiger partial charge is 0.503 e. The zero-order chi connectivity index (χ0) is 16.0. The van der Waals surface area contributed by atoms with Gasteiger partial charge in [-0.1, -0.05) is 0 Å². The molecule has 0 unspecified atom stereocenters. The number of nitrogens with zero attached hydrogens (tertiary/aromatic N) is 2. The van der Waals surface area contributed by atoms with E-state index in [4.69, 9.17) is 4.74 Å². The van der Waals surface area contributed by atoms with Gasteiger partial charge in [-0.15, -0.1) is 0 Å². The second-order valence-electron chi connectivity index (χ2n) is 5.00. The summed E-state index contributed by atoms with van der Waals surface area (Å²) < 4.78 is 32.5. The highest BCUT2D eigenvalue weighted by atomic mass is 19.2. The summed E-state index contributed by atoms with van der Waals surface area (Å²) >= 11 is 0. The van der Waals surface area contributed by atoms with Crippen LogP contribution < -0.4 is 5.56 Å². The number of halogens is 2. The van der Waals surface area contributed by atoms with Crippen molar-refractivity contribution >= 4 is 11.5 Å².